The molecule has 0 aliphatic rings. The molecule has 1 amide bonds. The van der Waals surface area contributed by atoms with E-state index in [1.807, 2.05) is 0 Å². The molecule has 1 unspecified atom stereocenters. The van der Waals surface area contributed by atoms with E-state index in [4.69, 9.17) is 4.74 Å². The summed E-state index contributed by atoms with van der Waals surface area (Å²) >= 11 is 0. The molecule has 0 aliphatic carbocycles. The molecule has 1 atom stereocenters. The third-order valence-electron chi connectivity index (χ3n) is 2.30. The lowest BCUT2D eigenvalue weighted by molar-refractivity contribution is -0.121. The predicted octanol–water partition coefficient (Wildman–Crippen LogP) is 1.53. The van der Waals surface area contributed by atoms with Crippen molar-refractivity contribution >= 4 is 11.6 Å². The van der Waals surface area contributed by atoms with E-state index < -0.39 is 17.7 Å². The number of carbonyl (C=O) groups is 1. The molecule has 0 bridgehead atoms. The molecule has 0 heterocycles. The van der Waals surface area contributed by atoms with Gasteiger partial charge in [0.15, 0.2) is 11.6 Å². The predicted molar refractivity (Wildman–Crippen MR) is 64.3 cm³/mol. The number of hydrogen-bond donors (Lipinski definition) is 2. The fourth-order valence-electron chi connectivity index (χ4n) is 1.33. The first kappa shape index (κ1) is 14.4. The van der Waals surface area contributed by atoms with Crippen LogP contribution in [0.1, 0.15) is 6.92 Å². The Morgan fingerprint density at radius 3 is 2.72 bits per heavy atom. The molecule has 0 saturated carbocycles. The van der Waals surface area contributed by atoms with Crippen molar-refractivity contribution in [1.29, 1.82) is 0 Å². The van der Waals surface area contributed by atoms with Crippen molar-refractivity contribution in [3.63, 3.8) is 0 Å². The van der Waals surface area contributed by atoms with Gasteiger partial charge >= 0.3 is 0 Å². The summed E-state index contributed by atoms with van der Waals surface area (Å²) in [7, 11) is 1.54. The van der Waals surface area contributed by atoms with Gasteiger partial charge < -0.3 is 15.4 Å². The van der Waals surface area contributed by atoms with E-state index in [1.165, 1.54) is 13.2 Å². The number of rotatable bonds is 6. The topological polar surface area (TPSA) is 50.4 Å². The van der Waals surface area contributed by atoms with Gasteiger partial charge in [0, 0.05) is 25.4 Å². The fraction of sp³-hybridized carbons (Fsp3) is 0.417. The lowest BCUT2D eigenvalue weighted by Gasteiger charge is -2.15. The first-order valence-electron chi connectivity index (χ1n) is 5.53. The van der Waals surface area contributed by atoms with Crippen LogP contribution in [0.4, 0.5) is 14.5 Å². The monoisotopic (exact) mass is 258 g/mol. The van der Waals surface area contributed by atoms with Crippen molar-refractivity contribution in [2.24, 2.45) is 0 Å². The van der Waals surface area contributed by atoms with E-state index in [1.54, 1.807) is 6.92 Å². The van der Waals surface area contributed by atoms with Gasteiger partial charge in [-0.2, -0.15) is 0 Å². The first-order valence-corrected chi connectivity index (χ1v) is 5.53. The van der Waals surface area contributed by atoms with E-state index in [0.29, 0.717) is 18.8 Å². The van der Waals surface area contributed by atoms with E-state index in [0.717, 1.165) is 12.1 Å². The maximum atomic E-state index is 12.9. The molecule has 0 radical (unpaired) electrons. The lowest BCUT2D eigenvalue weighted by Crippen LogP contribution is -2.39. The summed E-state index contributed by atoms with van der Waals surface area (Å²) in [6.45, 7) is 2.45. The van der Waals surface area contributed by atoms with Crippen LogP contribution in [0.2, 0.25) is 0 Å². The molecule has 100 valence electrons. The average molecular weight is 258 g/mol. The molecule has 1 aromatic rings. The Morgan fingerprint density at radius 2 is 2.11 bits per heavy atom. The molecular formula is C12H16F2N2O2. The highest BCUT2D eigenvalue weighted by Crippen LogP contribution is 2.13. The van der Waals surface area contributed by atoms with Crippen LogP contribution in [0.15, 0.2) is 18.2 Å². The normalized spacial score (nSPS) is 12.0. The Balaban J connectivity index is 2.50. The van der Waals surface area contributed by atoms with Crippen molar-refractivity contribution in [3.05, 3.63) is 29.8 Å². The second-order valence-electron chi connectivity index (χ2n) is 3.78. The molecular weight excluding hydrogens is 242 g/mol. The van der Waals surface area contributed by atoms with Gasteiger partial charge in [-0.3, -0.25) is 4.79 Å². The van der Waals surface area contributed by atoms with Crippen LogP contribution in [0, 0.1) is 11.6 Å². The SMILES string of the molecule is COCCNC(=O)C(C)Nc1ccc(F)c(F)c1. The zero-order chi connectivity index (χ0) is 13.5. The smallest absolute Gasteiger partial charge is 0.242 e. The second-order valence-corrected chi connectivity index (χ2v) is 3.78. The fourth-order valence-corrected chi connectivity index (χ4v) is 1.33. The minimum absolute atomic E-state index is 0.239. The molecule has 0 aliphatic heterocycles. The Bertz CT molecular complexity index is 413. The van der Waals surface area contributed by atoms with Crippen molar-refractivity contribution < 1.29 is 18.3 Å². The van der Waals surface area contributed by atoms with E-state index in [2.05, 4.69) is 10.6 Å². The molecule has 1 rings (SSSR count). The van der Waals surface area contributed by atoms with Crippen LogP contribution in [0.5, 0.6) is 0 Å². The Hall–Kier alpha value is -1.69. The third kappa shape index (κ3) is 4.29. The first-order chi connectivity index (χ1) is 8.54. The summed E-state index contributed by atoms with van der Waals surface area (Å²) in [5.74, 6) is -2.11. The van der Waals surface area contributed by atoms with Crippen molar-refractivity contribution in [2.45, 2.75) is 13.0 Å². The van der Waals surface area contributed by atoms with E-state index >= 15 is 0 Å². The maximum Gasteiger partial charge on any atom is 0.242 e. The summed E-state index contributed by atoms with van der Waals surface area (Å²) in [4.78, 5) is 11.6. The molecule has 18 heavy (non-hydrogen) atoms. The molecule has 0 spiro atoms. The number of halogens is 2. The van der Waals surface area contributed by atoms with E-state index in [-0.39, 0.29) is 5.91 Å². The number of nitrogens with one attached hydrogen (secondary N) is 2. The summed E-state index contributed by atoms with van der Waals surface area (Å²) in [5, 5.41) is 5.41. The number of ether oxygens (including phenoxy) is 1. The zero-order valence-corrected chi connectivity index (χ0v) is 10.3. The molecule has 0 aromatic heterocycles. The average Bonchev–Trinajstić information content (AvgIpc) is 2.34. The number of benzene rings is 1. The molecule has 0 saturated heterocycles. The van der Waals surface area contributed by atoms with Crippen LogP contribution < -0.4 is 10.6 Å². The van der Waals surface area contributed by atoms with Gasteiger partial charge in [-0.1, -0.05) is 0 Å². The van der Waals surface area contributed by atoms with Crippen molar-refractivity contribution in [1.82, 2.24) is 5.32 Å². The lowest BCUT2D eigenvalue weighted by atomic mass is 10.2. The van der Waals surface area contributed by atoms with Gasteiger partial charge in [0.25, 0.3) is 0 Å². The number of hydrogen-bond acceptors (Lipinski definition) is 3. The highest BCUT2D eigenvalue weighted by atomic mass is 19.2. The largest absolute Gasteiger partial charge is 0.383 e. The minimum atomic E-state index is -0.952. The van der Waals surface area contributed by atoms with Gasteiger partial charge in [0.2, 0.25) is 5.91 Å². The Labute approximate surface area is 104 Å². The summed E-state index contributed by atoms with van der Waals surface area (Å²) in [5.41, 5.74) is 0.350. The zero-order valence-electron chi connectivity index (χ0n) is 10.3. The summed E-state index contributed by atoms with van der Waals surface area (Å²) in [6, 6.07) is 2.84. The highest BCUT2D eigenvalue weighted by molar-refractivity contribution is 5.84. The molecule has 2 N–H and O–H groups in total. The van der Waals surface area contributed by atoms with Gasteiger partial charge in [0.05, 0.1) is 6.61 Å². The van der Waals surface area contributed by atoms with Crippen LogP contribution in [0.3, 0.4) is 0 Å². The van der Waals surface area contributed by atoms with Crippen molar-refractivity contribution in [3.8, 4) is 0 Å². The number of methoxy groups -OCH3 is 1. The number of anilines is 1. The number of amides is 1. The van der Waals surface area contributed by atoms with E-state index in [9.17, 15) is 13.6 Å². The minimum Gasteiger partial charge on any atom is -0.383 e. The highest BCUT2D eigenvalue weighted by Gasteiger charge is 2.12. The van der Waals surface area contributed by atoms with Crippen LogP contribution >= 0.6 is 0 Å². The van der Waals surface area contributed by atoms with Gasteiger partial charge in [-0.05, 0) is 19.1 Å². The number of carbonyl (C=O) groups excluding carboxylic acids is 1. The van der Waals surface area contributed by atoms with Gasteiger partial charge in [0.1, 0.15) is 6.04 Å². The molecule has 4 nitrogen and oxygen atoms in total. The quantitative estimate of drug-likeness (QED) is 0.761. The standard InChI is InChI=1S/C12H16F2N2O2/c1-8(12(17)15-5-6-18-2)16-9-3-4-10(13)11(14)7-9/h3-4,7-8,16H,5-6H2,1-2H3,(H,15,17). The van der Waals surface area contributed by atoms with Gasteiger partial charge in [-0.25, -0.2) is 8.78 Å². The second kappa shape index (κ2) is 6.90. The Morgan fingerprint density at radius 1 is 1.39 bits per heavy atom. The third-order valence-corrected chi connectivity index (χ3v) is 2.30. The summed E-state index contributed by atoms with van der Waals surface area (Å²) < 4.78 is 30.4. The van der Waals surface area contributed by atoms with Crippen LogP contribution in [-0.2, 0) is 9.53 Å². The van der Waals surface area contributed by atoms with Crippen LogP contribution in [-0.4, -0.2) is 32.2 Å². The molecule has 6 heteroatoms. The maximum absolute atomic E-state index is 12.9. The molecule has 0 fully saturated rings. The van der Waals surface area contributed by atoms with Gasteiger partial charge in [-0.15, -0.1) is 0 Å². The van der Waals surface area contributed by atoms with Crippen molar-refractivity contribution in [2.75, 3.05) is 25.6 Å². The Kier molecular flexibility index (Phi) is 5.51. The molecule has 1 aromatic carbocycles. The van der Waals surface area contributed by atoms with Crippen LogP contribution in [0.25, 0.3) is 0 Å². The summed E-state index contributed by atoms with van der Waals surface area (Å²) in [6.07, 6.45) is 0.